The zero-order chi connectivity index (χ0) is 24.2. The van der Waals surface area contributed by atoms with Crippen molar-refractivity contribution in [1.82, 2.24) is 4.98 Å². The van der Waals surface area contributed by atoms with E-state index < -0.39 is 0 Å². The highest BCUT2D eigenvalue weighted by molar-refractivity contribution is 6.05. The number of allylic oxidation sites excluding steroid dienone is 3. The lowest BCUT2D eigenvalue weighted by atomic mass is 9.98. The van der Waals surface area contributed by atoms with Crippen LogP contribution in [-0.4, -0.2) is 30.1 Å². The van der Waals surface area contributed by atoms with Gasteiger partial charge in [0.05, 0.1) is 14.2 Å². The van der Waals surface area contributed by atoms with Crippen molar-refractivity contribution in [1.29, 1.82) is 0 Å². The van der Waals surface area contributed by atoms with Crippen LogP contribution in [0.15, 0.2) is 60.4 Å². The number of phenolic OH excluding ortho intramolecular Hbond substituents is 1. The Bertz CT molecular complexity index is 1270. The van der Waals surface area contributed by atoms with Gasteiger partial charge in [-0.15, -0.1) is 0 Å². The number of ketones is 1. The first-order chi connectivity index (χ1) is 16.4. The van der Waals surface area contributed by atoms with Crippen LogP contribution in [0.25, 0.3) is 17.2 Å². The summed E-state index contributed by atoms with van der Waals surface area (Å²) in [4.78, 5) is 16.7. The van der Waals surface area contributed by atoms with Crippen LogP contribution in [0.2, 0.25) is 0 Å². The Balaban J connectivity index is 1.67. The van der Waals surface area contributed by atoms with Crippen molar-refractivity contribution in [3.63, 3.8) is 0 Å². The van der Waals surface area contributed by atoms with Crippen molar-refractivity contribution < 1.29 is 23.8 Å². The predicted octanol–water partition coefficient (Wildman–Crippen LogP) is 5.86. The molecule has 0 aliphatic heterocycles. The normalized spacial score (nSPS) is 13.8. The van der Waals surface area contributed by atoms with Crippen molar-refractivity contribution in [2.75, 3.05) is 14.2 Å². The highest BCUT2D eigenvalue weighted by atomic mass is 19.1. The average Bonchev–Trinajstić information content (AvgIpc) is 3.09. The number of aromatic nitrogens is 1. The molecule has 1 aliphatic rings. The van der Waals surface area contributed by atoms with E-state index in [0.717, 1.165) is 39.0 Å². The molecule has 4 rings (SSSR count). The van der Waals surface area contributed by atoms with Gasteiger partial charge >= 0.3 is 0 Å². The van der Waals surface area contributed by atoms with E-state index in [-0.39, 0.29) is 17.3 Å². The second-order valence-corrected chi connectivity index (χ2v) is 8.20. The van der Waals surface area contributed by atoms with E-state index in [4.69, 9.17) is 9.47 Å². The van der Waals surface area contributed by atoms with Crippen molar-refractivity contribution in [3.05, 3.63) is 88.5 Å². The topological polar surface area (TPSA) is 68.7 Å². The largest absolute Gasteiger partial charge is 0.502 e. The van der Waals surface area contributed by atoms with Gasteiger partial charge in [-0.2, -0.15) is 0 Å². The number of halogens is 1. The Morgan fingerprint density at radius 3 is 2.47 bits per heavy atom. The summed E-state index contributed by atoms with van der Waals surface area (Å²) in [5.41, 5.74) is 6.23. The highest BCUT2D eigenvalue weighted by Crippen LogP contribution is 2.45. The van der Waals surface area contributed by atoms with Gasteiger partial charge in [-0.1, -0.05) is 12.1 Å². The number of hydrogen-bond donors (Lipinski definition) is 1. The molecule has 0 atom stereocenters. The number of ether oxygens (including phenoxy) is 2. The predicted molar refractivity (Wildman–Crippen MR) is 130 cm³/mol. The summed E-state index contributed by atoms with van der Waals surface area (Å²) in [7, 11) is 2.95. The lowest BCUT2D eigenvalue weighted by Gasteiger charge is -2.11. The summed E-state index contributed by atoms with van der Waals surface area (Å²) in [5, 5.41) is 10.2. The van der Waals surface area contributed by atoms with Crippen molar-refractivity contribution in [3.8, 4) is 17.2 Å². The fraction of sp³-hybridized carbons (Fsp3) is 0.214. The molecule has 5 nitrogen and oxygen atoms in total. The van der Waals surface area contributed by atoms with Gasteiger partial charge in [0.2, 0.25) is 5.75 Å². The van der Waals surface area contributed by atoms with E-state index in [1.165, 1.54) is 26.4 Å². The number of rotatable bonds is 8. The van der Waals surface area contributed by atoms with Gasteiger partial charge in [0.15, 0.2) is 11.5 Å². The van der Waals surface area contributed by atoms with Gasteiger partial charge < -0.3 is 14.6 Å². The smallest absolute Gasteiger partial charge is 0.200 e. The molecule has 1 heterocycles. The Labute approximate surface area is 198 Å². The molecule has 3 aromatic rings. The van der Waals surface area contributed by atoms with Gasteiger partial charge in [0.25, 0.3) is 0 Å². The maximum atomic E-state index is 14.2. The lowest BCUT2D eigenvalue weighted by molar-refractivity contribution is -0.118. The van der Waals surface area contributed by atoms with Crippen LogP contribution in [0, 0.1) is 5.82 Å². The Kier molecular flexibility index (Phi) is 6.77. The third-order valence-corrected chi connectivity index (χ3v) is 6.04. The molecule has 174 valence electrons. The molecule has 0 saturated carbocycles. The third-order valence-electron chi connectivity index (χ3n) is 6.04. The van der Waals surface area contributed by atoms with Crippen LogP contribution in [-0.2, 0) is 11.2 Å². The number of carbonyl (C=O) groups is 1. The number of methoxy groups -OCH3 is 2. The number of Topliss-reactive ketones (excluding diaryl/α,β-unsaturated/α-hetero) is 1. The van der Waals surface area contributed by atoms with E-state index in [9.17, 15) is 14.3 Å². The van der Waals surface area contributed by atoms with Crippen molar-refractivity contribution in [2.45, 2.75) is 26.2 Å². The van der Waals surface area contributed by atoms with Crippen LogP contribution in [0.1, 0.15) is 42.0 Å². The molecule has 34 heavy (non-hydrogen) atoms. The van der Waals surface area contributed by atoms with Gasteiger partial charge in [0.1, 0.15) is 11.6 Å². The molecular formula is C28H26FNO4. The van der Waals surface area contributed by atoms with Crippen molar-refractivity contribution >= 4 is 23.0 Å². The fourth-order valence-corrected chi connectivity index (χ4v) is 4.32. The number of hydrogen-bond acceptors (Lipinski definition) is 5. The van der Waals surface area contributed by atoms with Crippen LogP contribution in [0.4, 0.5) is 4.39 Å². The van der Waals surface area contributed by atoms with Crippen LogP contribution >= 0.6 is 0 Å². The molecule has 0 radical (unpaired) electrons. The number of aromatic hydroxyl groups is 1. The second-order valence-electron chi connectivity index (χ2n) is 8.20. The molecule has 0 fully saturated rings. The fourth-order valence-electron chi connectivity index (χ4n) is 4.32. The average molecular weight is 460 g/mol. The minimum Gasteiger partial charge on any atom is -0.502 e. The van der Waals surface area contributed by atoms with Gasteiger partial charge in [-0.25, -0.2) is 4.39 Å². The number of benzene rings is 2. The molecule has 1 aromatic heterocycles. The standard InChI is InChI=1S/C28H26FNO4/c1-17-22(9-7-21(31)11-18-5-4-10-30-16-18)25-15-20(29)6-8-23(25)24(17)12-19-13-26(33-2)28(32)27(14-19)34-3/h4-6,8,10,12-16,32H,7,9,11H2,1-3H3. The minimum atomic E-state index is -0.319. The first-order valence-electron chi connectivity index (χ1n) is 11.0. The monoisotopic (exact) mass is 459 g/mol. The van der Waals surface area contributed by atoms with Crippen molar-refractivity contribution in [2.24, 2.45) is 0 Å². The summed E-state index contributed by atoms with van der Waals surface area (Å²) in [6.45, 7) is 1.99. The number of nitrogens with zero attached hydrogens (tertiary/aromatic N) is 1. The van der Waals surface area contributed by atoms with Gasteiger partial charge in [-0.05, 0) is 88.7 Å². The van der Waals surface area contributed by atoms with E-state index in [0.29, 0.717) is 30.8 Å². The molecule has 1 aliphatic carbocycles. The molecular weight excluding hydrogens is 433 g/mol. The van der Waals surface area contributed by atoms with Crippen LogP contribution in [0.3, 0.4) is 0 Å². The number of phenols is 1. The molecule has 0 amide bonds. The molecule has 0 saturated heterocycles. The maximum absolute atomic E-state index is 14.2. The van der Waals surface area contributed by atoms with E-state index >= 15 is 0 Å². The Morgan fingerprint density at radius 2 is 1.82 bits per heavy atom. The number of fused-ring (bicyclic) bond motifs is 1. The lowest BCUT2D eigenvalue weighted by Crippen LogP contribution is -2.03. The number of pyridine rings is 1. The molecule has 2 aromatic carbocycles. The van der Waals surface area contributed by atoms with E-state index in [2.05, 4.69) is 4.98 Å². The van der Waals surface area contributed by atoms with Crippen LogP contribution in [0.5, 0.6) is 17.2 Å². The first kappa shape index (κ1) is 23.2. The second kappa shape index (κ2) is 9.91. The molecule has 0 unspecified atom stereocenters. The van der Waals surface area contributed by atoms with Crippen LogP contribution < -0.4 is 9.47 Å². The van der Waals surface area contributed by atoms with E-state index in [1.807, 2.05) is 25.1 Å². The van der Waals surface area contributed by atoms with Gasteiger partial charge in [0, 0.05) is 25.2 Å². The summed E-state index contributed by atoms with van der Waals surface area (Å²) in [6, 6.07) is 11.9. The zero-order valence-electron chi connectivity index (χ0n) is 19.4. The molecule has 1 N–H and O–H groups in total. The molecule has 6 heteroatoms. The Hall–Kier alpha value is -3.93. The molecule has 0 bridgehead atoms. The zero-order valence-corrected chi connectivity index (χ0v) is 19.4. The summed E-state index contributed by atoms with van der Waals surface area (Å²) in [5.74, 6) is 0.315. The van der Waals surface area contributed by atoms with E-state index in [1.54, 1.807) is 30.6 Å². The van der Waals surface area contributed by atoms with Gasteiger partial charge in [-0.3, -0.25) is 9.78 Å². The SMILES string of the molecule is COc1cc(C=C2C(C)=C(CCC(=O)Cc3cccnc3)c3cc(F)ccc32)cc(OC)c1O. The minimum absolute atomic E-state index is 0.0684. The summed E-state index contributed by atoms with van der Waals surface area (Å²) >= 11 is 0. The highest BCUT2D eigenvalue weighted by Gasteiger charge is 2.25. The quantitative estimate of drug-likeness (QED) is 0.457. The first-order valence-corrected chi connectivity index (χ1v) is 11.0. The summed E-state index contributed by atoms with van der Waals surface area (Å²) in [6.07, 6.45) is 6.53. The maximum Gasteiger partial charge on any atom is 0.200 e. The third kappa shape index (κ3) is 4.71. The Morgan fingerprint density at radius 1 is 1.09 bits per heavy atom. The molecule has 0 spiro atoms. The summed E-state index contributed by atoms with van der Waals surface area (Å²) < 4.78 is 24.7. The number of carbonyl (C=O) groups excluding carboxylic acids is 1.